The maximum absolute atomic E-state index is 13.5. The van der Waals surface area contributed by atoms with Gasteiger partial charge in [-0.25, -0.2) is 40.1 Å². The minimum atomic E-state index is -3.98. The van der Waals surface area contributed by atoms with Crippen molar-refractivity contribution in [1.82, 2.24) is 49.2 Å². The monoisotopic (exact) mass is 688 g/mol. The zero-order valence-corrected chi connectivity index (χ0v) is 25.7. The summed E-state index contributed by atoms with van der Waals surface area (Å²) in [6.07, 6.45) is -1.74. The van der Waals surface area contributed by atoms with Gasteiger partial charge in [0.2, 0.25) is 0 Å². The summed E-state index contributed by atoms with van der Waals surface area (Å²) in [5.41, 5.74) is 12.9. The first-order valence-electron chi connectivity index (χ1n) is 13.0. The fourth-order valence-electron chi connectivity index (χ4n) is 5.46. The number of ether oxygens (including phenoxy) is 2. The van der Waals surface area contributed by atoms with Gasteiger partial charge in [-0.2, -0.15) is 0 Å². The summed E-state index contributed by atoms with van der Waals surface area (Å²) in [5.74, 6) is 0.261. The number of nitrogens with two attached hydrogens (primary N) is 2. The predicted molar refractivity (Wildman–Crippen MR) is 158 cm³/mol. The van der Waals surface area contributed by atoms with Crippen molar-refractivity contribution in [3.8, 4) is 0 Å². The number of nitrogen functional groups attached to an aromatic ring is 2. The number of hydrogen-bond acceptors (Lipinski definition) is 16. The number of thiol groups is 1. The molecule has 3 saturated heterocycles. The van der Waals surface area contributed by atoms with Gasteiger partial charge in [-0.3, -0.25) is 13.7 Å². The third-order valence-electron chi connectivity index (χ3n) is 7.52. The highest BCUT2D eigenvalue weighted by atomic mass is 32.7. The first kappa shape index (κ1) is 30.2. The summed E-state index contributed by atoms with van der Waals surface area (Å²) in [7, 11) is 0. The molecule has 0 radical (unpaired) electrons. The molecule has 3 aliphatic rings. The fraction of sp³-hybridized carbons (Fsp3) is 0.500. The van der Waals surface area contributed by atoms with Crippen LogP contribution in [0.25, 0.3) is 22.3 Å². The number of anilines is 2. The van der Waals surface area contributed by atoms with E-state index in [2.05, 4.69) is 52.3 Å². The van der Waals surface area contributed by atoms with Crippen LogP contribution < -0.4 is 21.6 Å². The Morgan fingerprint density at radius 3 is 1.84 bits per heavy atom. The molecule has 7 heterocycles. The summed E-state index contributed by atoms with van der Waals surface area (Å²) in [6.45, 7) is -8.59. The molecule has 0 aromatic carbocycles. The van der Waals surface area contributed by atoms with E-state index in [1.807, 2.05) is 0 Å². The number of aromatic nitrogens is 8. The van der Waals surface area contributed by atoms with Crippen LogP contribution in [0.4, 0.5) is 11.6 Å². The zero-order chi connectivity index (χ0) is 31.0. The van der Waals surface area contributed by atoms with Crippen LogP contribution in [-0.2, 0) is 34.9 Å². The number of aliphatic hydroxyl groups is 2. The van der Waals surface area contributed by atoms with Crippen molar-refractivity contribution in [1.29, 1.82) is 0 Å². The van der Waals surface area contributed by atoms with Gasteiger partial charge in [-0.05, 0) is 11.8 Å². The van der Waals surface area contributed by atoms with E-state index in [1.165, 1.54) is 34.4 Å². The van der Waals surface area contributed by atoms with Crippen molar-refractivity contribution in [2.75, 3.05) is 24.7 Å². The SMILES string of the molecule is Nc1ncnc2c1ncn2[C@@H]1O[C@@H]2COP(O)(=S)NC3[C@@H](COP(=O)(S)NC2[C@@H]1O)O[C@@H](n1cnc2c(N)ncnc21)[C@H]3O. The molecule has 0 saturated carbocycles. The van der Waals surface area contributed by atoms with E-state index in [1.54, 1.807) is 0 Å². The third-order valence-corrected chi connectivity index (χ3v) is 11.1. The summed E-state index contributed by atoms with van der Waals surface area (Å²) in [6, 6.07) is -2.16. The highest BCUT2D eigenvalue weighted by Crippen LogP contribution is 2.52. The van der Waals surface area contributed by atoms with Crippen molar-refractivity contribution in [3.05, 3.63) is 25.3 Å². The largest absolute Gasteiger partial charge is 0.387 e. The number of nitrogens with zero attached hydrogens (tertiary/aromatic N) is 8. The Bertz CT molecular complexity index is 1700. The van der Waals surface area contributed by atoms with Crippen LogP contribution in [0.3, 0.4) is 0 Å². The van der Waals surface area contributed by atoms with Gasteiger partial charge in [0, 0.05) is 0 Å². The molecule has 4 aromatic rings. The van der Waals surface area contributed by atoms with E-state index in [4.69, 9.17) is 41.8 Å². The zero-order valence-electron chi connectivity index (χ0n) is 22.2. The maximum Gasteiger partial charge on any atom is 0.324 e. The smallest absolute Gasteiger partial charge is 0.324 e. The molecule has 7 rings (SSSR count). The van der Waals surface area contributed by atoms with Crippen LogP contribution >= 0.6 is 25.6 Å². The van der Waals surface area contributed by atoms with Gasteiger partial charge in [0.1, 0.15) is 48.1 Å². The lowest BCUT2D eigenvalue weighted by Crippen LogP contribution is -2.47. The van der Waals surface area contributed by atoms with Crippen molar-refractivity contribution in [3.63, 3.8) is 0 Å². The van der Waals surface area contributed by atoms with Crippen LogP contribution in [-0.4, -0.2) is 104 Å². The minimum absolute atomic E-state index is 0.130. The number of imidazole rings is 2. The average molecular weight is 689 g/mol. The van der Waals surface area contributed by atoms with Crippen molar-refractivity contribution >= 4 is 71.4 Å². The molecule has 20 nitrogen and oxygen atoms in total. The first-order valence-corrected chi connectivity index (χ1v) is 18.4. The van der Waals surface area contributed by atoms with Crippen molar-refractivity contribution < 1.29 is 38.2 Å². The summed E-state index contributed by atoms with van der Waals surface area (Å²) in [5, 5.41) is 28.2. The molecular weight excluding hydrogens is 662 g/mol. The molecule has 10 atom stereocenters. The molecular formula is C20H26N12O8P2S2. The predicted octanol–water partition coefficient (Wildman–Crippen LogP) is -1.43. The van der Waals surface area contributed by atoms with Gasteiger partial charge < -0.3 is 45.1 Å². The second kappa shape index (κ2) is 11.1. The van der Waals surface area contributed by atoms with E-state index >= 15 is 0 Å². The lowest BCUT2D eigenvalue weighted by Gasteiger charge is -2.31. The molecule has 3 aliphatic heterocycles. The summed E-state index contributed by atoms with van der Waals surface area (Å²) >= 11 is 9.59. The molecule has 3 fully saturated rings. The van der Waals surface area contributed by atoms with Gasteiger partial charge in [0.05, 0.1) is 38.0 Å². The van der Waals surface area contributed by atoms with Gasteiger partial charge in [-0.15, -0.1) is 0 Å². The Hall–Kier alpha value is -2.43. The molecule has 236 valence electrons. The first-order chi connectivity index (χ1) is 20.9. The standard InChI is InChI=1S/C20H26N12O8P2S2/c21-15-11-17(25-3-23-15)31(5-27-11)19-13(33)9-7(39-19)1-37-41(35,43)30-10-8(2-38-42(36,44)29-9)40-20(14(10)34)32-6-28-12-16(22)24-4-26-18(12)32/h3-10,13-14,19-20,33-34H,1-2H2,(H2,21,23,25)(H2,22,24,26)(H2,29,36,44)(H2,30,35,43)/t7-,8-,9?,10?,13+,14+,19-,20-,41?,42?/m1/s1. The quantitative estimate of drug-likeness (QED) is 0.0885. The Morgan fingerprint density at radius 2 is 1.32 bits per heavy atom. The summed E-state index contributed by atoms with van der Waals surface area (Å²) < 4.78 is 40.0. The van der Waals surface area contributed by atoms with E-state index in [0.717, 1.165) is 0 Å². The van der Waals surface area contributed by atoms with Gasteiger partial charge in [0.15, 0.2) is 35.4 Å². The van der Waals surface area contributed by atoms with Crippen molar-refractivity contribution in [2.45, 2.75) is 49.0 Å². The van der Waals surface area contributed by atoms with Gasteiger partial charge >= 0.3 is 6.72 Å². The molecule has 0 amide bonds. The molecule has 24 heteroatoms. The van der Waals surface area contributed by atoms with Crippen LogP contribution in [0.15, 0.2) is 25.3 Å². The lowest BCUT2D eigenvalue weighted by atomic mass is 10.1. The molecule has 4 unspecified atom stereocenters. The second-order valence-corrected chi connectivity index (χ2v) is 16.4. The second-order valence-electron chi connectivity index (χ2n) is 10.2. The van der Waals surface area contributed by atoms with Crippen LogP contribution in [0, 0.1) is 0 Å². The fourth-order valence-corrected chi connectivity index (χ4v) is 8.85. The molecule has 4 aromatic heterocycles. The van der Waals surface area contributed by atoms with E-state index in [-0.39, 0.29) is 29.5 Å². The van der Waals surface area contributed by atoms with Crippen LogP contribution in [0.2, 0.25) is 0 Å². The Kier molecular flexibility index (Phi) is 7.64. The lowest BCUT2D eigenvalue weighted by molar-refractivity contribution is -0.0467. The Labute approximate surface area is 257 Å². The number of fused-ring (bicyclic) bond motifs is 4. The Balaban J connectivity index is 1.17. The highest BCUT2D eigenvalue weighted by Gasteiger charge is 2.51. The molecule has 0 aliphatic carbocycles. The van der Waals surface area contributed by atoms with E-state index in [0.29, 0.717) is 11.0 Å². The van der Waals surface area contributed by atoms with Crippen molar-refractivity contribution in [2.24, 2.45) is 0 Å². The van der Waals surface area contributed by atoms with E-state index in [9.17, 15) is 19.7 Å². The molecule has 0 bridgehead atoms. The maximum atomic E-state index is 13.5. The average Bonchev–Trinajstić information content (AvgIpc) is 3.73. The number of nitrogens with one attached hydrogen (secondary N) is 2. The van der Waals surface area contributed by atoms with Crippen LogP contribution in [0.1, 0.15) is 12.5 Å². The number of rotatable bonds is 2. The normalized spacial score (nSPS) is 38.3. The third kappa shape index (κ3) is 5.28. The minimum Gasteiger partial charge on any atom is -0.387 e. The number of hydrogen-bond donors (Lipinski definition) is 8. The van der Waals surface area contributed by atoms with Gasteiger partial charge in [0.25, 0.3) is 6.64 Å². The molecule has 44 heavy (non-hydrogen) atoms. The van der Waals surface area contributed by atoms with E-state index < -0.39 is 68.9 Å². The Morgan fingerprint density at radius 1 is 0.841 bits per heavy atom. The summed E-state index contributed by atoms with van der Waals surface area (Å²) in [4.78, 5) is 35.7. The van der Waals surface area contributed by atoms with Gasteiger partial charge in [-0.1, -0.05) is 12.2 Å². The molecule has 0 spiro atoms. The molecule has 9 N–H and O–H groups in total. The number of aliphatic hydroxyl groups excluding tert-OH is 2. The highest BCUT2D eigenvalue weighted by molar-refractivity contribution is 8.45. The van der Waals surface area contributed by atoms with Crippen LogP contribution in [0.5, 0.6) is 0 Å². The topological polar surface area (TPSA) is 278 Å².